The highest BCUT2D eigenvalue weighted by Crippen LogP contribution is 2.41. The normalized spacial score (nSPS) is 11.4. The molecule has 0 aliphatic heterocycles. The van der Waals surface area contributed by atoms with Crippen molar-refractivity contribution in [1.82, 2.24) is 0 Å². The van der Waals surface area contributed by atoms with Crippen molar-refractivity contribution in [1.29, 1.82) is 0 Å². The minimum Gasteiger partial charge on any atom is -0.508 e. The maximum absolute atomic E-state index is 11.1. The first kappa shape index (κ1) is 29.1. The van der Waals surface area contributed by atoms with Gasteiger partial charge in [-0.2, -0.15) is 0 Å². The lowest BCUT2D eigenvalue weighted by atomic mass is 9.80. The van der Waals surface area contributed by atoms with Gasteiger partial charge < -0.3 is 20.4 Å². The Morgan fingerprint density at radius 1 is 0.475 bits per heavy atom. The van der Waals surface area contributed by atoms with Gasteiger partial charge in [-0.15, -0.1) is 0 Å². The van der Waals surface area contributed by atoms with E-state index in [1.54, 1.807) is 12.1 Å². The van der Waals surface area contributed by atoms with Gasteiger partial charge in [-0.25, -0.2) is 0 Å². The molecule has 0 aliphatic carbocycles. The molecule has 0 saturated heterocycles. The van der Waals surface area contributed by atoms with Gasteiger partial charge in [0, 0.05) is 29.9 Å². The van der Waals surface area contributed by atoms with E-state index >= 15 is 0 Å². The summed E-state index contributed by atoms with van der Waals surface area (Å²) < 4.78 is 0. The highest BCUT2D eigenvalue weighted by Gasteiger charge is 2.23. The van der Waals surface area contributed by atoms with Crippen LogP contribution in [-0.4, -0.2) is 20.4 Å². The molecule has 4 heteroatoms. The smallest absolute Gasteiger partial charge is 0.122 e. The lowest BCUT2D eigenvalue weighted by Gasteiger charge is -2.25. The molecule has 0 spiro atoms. The molecule has 4 aromatic rings. The molecule has 0 amide bonds. The van der Waals surface area contributed by atoms with Crippen LogP contribution in [0.25, 0.3) is 0 Å². The fraction of sp³-hybridized carbons (Fsp3) is 0.333. The topological polar surface area (TPSA) is 80.9 Å². The van der Waals surface area contributed by atoms with Crippen LogP contribution in [-0.2, 0) is 12.8 Å². The number of aromatic hydroxyl groups is 4. The standard InChI is InChI=1S/C36H42O4/c1-18-14-33(37)20(3)10-27(18)16-31-25(8)29(12-22(5)35(31)39)24(7)30-13-23(6)36(40)32(26(30)9)17-28-11-21(4)34(38)15-19(28)2/h10-15,24,37-40H,16-17H2,1-9H3. The van der Waals surface area contributed by atoms with Crippen molar-refractivity contribution in [3.05, 3.63) is 114 Å². The number of phenolic OH excluding ortho intramolecular Hbond substituents is 4. The Morgan fingerprint density at radius 2 is 0.825 bits per heavy atom. The summed E-state index contributed by atoms with van der Waals surface area (Å²) in [5, 5.41) is 42.5. The van der Waals surface area contributed by atoms with Crippen LogP contribution in [0.15, 0.2) is 36.4 Å². The van der Waals surface area contributed by atoms with Crippen LogP contribution in [0.3, 0.4) is 0 Å². The number of benzene rings is 4. The lowest BCUT2D eigenvalue weighted by Crippen LogP contribution is -2.08. The van der Waals surface area contributed by atoms with Gasteiger partial charge in [-0.3, -0.25) is 0 Å². The van der Waals surface area contributed by atoms with Crippen LogP contribution in [0.5, 0.6) is 23.0 Å². The second-order valence-electron chi connectivity index (χ2n) is 11.7. The molecule has 0 saturated carbocycles. The first-order valence-electron chi connectivity index (χ1n) is 13.9. The van der Waals surface area contributed by atoms with Crippen molar-refractivity contribution in [2.24, 2.45) is 0 Å². The van der Waals surface area contributed by atoms with Gasteiger partial charge in [0.25, 0.3) is 0 Å². The summed E-state index contributed by atoms with van der Waals surface area (Å²) in [5.74, 6) is 1.23. The fourth-order valence-electron chi connectivity index (χ4n) is 5.98. The van der Waals surface area contributed by atoms with Crippen molar-refractivity contribution in [3.63, 3.8) is 0 Å². The van der Waals surface area contributed by atoms with Gasteiger partial charge in [0.05, 0.1) is 0 Å². The van der Waals surface area contributed by atoms with Crippen molar-refractivity contribution < 1.29 is 20.4 Å². The Bertz CT molecular complexity index is 1510. The fourth-order valence-corrected chi connectivity index (χ4v) is 5.98. The molecule has 210 valence electrons. The number of phenols is 4. The quantitative estimate of drug-likeness (QED) is 0.199. The van der Waals surface area contributed by atoms with Gasteiger partial charge in [-0.1, -0.05) is 31.2 Å². The largest absolute Gasteiger partial charge is 0.508 e. The summed E-state index contributed by atoms with van der Waals surface area (Å²) in [5.41, 5.74) is 13.7. The van der Waals surface area contributed by atoms with Gasteiger partial charge in [0.1, 0.15) is 23.0 Å². The Morgan fingerprint density at radius 3 is 1.18 bits per heavy atom. The van der Waals surface area contributed by atoms with Crippen LogP contribution in [0, 0.1) is 55.4 Å². The van der Waals surface area contributed by atoms with Crippen LogP contribution >= 0.6 is 0 Å². The third-order valence-corrected chi connectivity index (χ3v) is 8.81. The van der Waals surface area contributed by atoms with E-state index in [1.165, 1.54) is 0 Å². The summed E-state index contributed by atoms with van der Waals surface area (Å²) in [7, 11) is 0. The summed E-state index contributed by atoms with van der Waals surface area (Å²) in [4.78, 5) is 0. The molecule has 0 atom stereocenters. The molecule has 4 aromatic carbocycles. The summed E-state index contributed by atoms with van der Waals surface area (Å²) in [6.07, 6.45) is 1.15. The van der Waals surface area contributed by atoms with E-state index in [1.807, 2.05) is 53.7 Å². The molecule has 0 radical (unpaired) electrons. The molecule has 0 heterocycles. The molecule has 0 bridgehead atoms. The summed E-state index contributed by atoms with van der Waals surface area (Å²) >= 11 is 0. The molecular weight excluding hydrogens is 496 g/mol. The minimum atomic E-state index is 0.0291. The molecular formula is C36H42O4. The highest BCUT2D eigenvalue weighted by molar-refractivity contribution is 5.58. The number of hydrogen-bond acceptors (Lipinski definition) is 4. The second kappa shape index (κ2) is 10.9. The van der Waals surface area contributed by atoms with Gasteiger partial charge in [0.2, 0.25) is 0 Å². The second-order valence-corrected chi connectivity index (χ2v) is 11.7. The monoisotopic (exact) mass is 538 g/mol. The maximum atomic E-state index is 11.1. The van der Waals surface area contributed by atoms with E-state index in [4.69, 9.17) is 0 Å². The number of aryl methyl sites for hydroxylation is 6. The van der Waals surface area contributed by atoms with E-state index in [-0.39, 0.29) is 17.4 Å². The Labute approximate surface area is 238 Å². The summed E-state index contributed by atoms with van der Waals surface area (Å²) in [6.45, 7) is 18.0. The molecule has 0 unspecified atom stereocenters. The van der Waals surface area contributed by atoms with E-state index in [2.05, 4.69) is 32.9 Å². The minimum absolute atomic E-state index is 0.0291. The van der Waals surface area contributed by atoms with Crippen LogP contribution < -0.4 is 0 Å². The van der Waals surface area contributed by atoms with E-state index in [9.17, 15) is 20.4 Å². The zero-order chi connectivity index (χ0) is 29.6. The van der Waals surface area contributed by atoms with Crippen LogP contribution in [0.1, 0.15) is 90.7 Å². The number of rotatable bonds is 6. The number of hydrogen-bond donors (Lipinski definition) is 4. The van der Waals surface area contributed by atoms with Crippen molar-refractivity contribution in [2.45, 2.75) is 81.1 Å². The average molecular weight is 539 g/mol. The highest BCUT2D eigenvalue weighted by atomic mass is 16.3. The molecule has 4 rings (SSSR count). The van der Waals surface area contributed by atoms with Gasteiger partial charge >= 0.3 is 0 Å². The maximum Gasteiger partial charge on any atom is 0.122 e. The zero-order valence-corrected chi connectivity index (χ0v) is 25.2. The zero-order valence-electron chi connectivity index (χ0n) is 25.2. The van der Waals surface area contributed by atoms with E-state index < -0.39 is 0 Å². The Balaban J connectivity index is 1.81. The molecule has 4 nitrogen and oxygen atoms in total. The predicted molar refractivity (Wildman–Crippen MR) is 163 cm³/mol. The Hall–Kier alpha value is -3.92. The third-order valence-electron chi connectivity index (χ3n) is 8.81. The predicted octanol–water partition coefficient (Wildman–Crippen LogP) is 8.31. The van der Waals surface area contributed by atoms with Gasteiger partial charge in [0.15, 0.2) is 0 Å². The van der Waals surface area contributed by atoms with Crippen LogP contribution in [0.2, 0.25) is 0 Å². The summed E-state index contributed by atoms with van der Waals surface area (Å²) in [6, 6.07) is 11.8. The molecule has 0 fully saturated rings. The third kappa shape index (κ3) is 5.28. The molecule has 0 aliphatic rings. The Kier molecular flexibility index (Phi) is 7.94. The van der Waals surface area contributed by atoms with Crippen molar-refractivity contribution in [3.8, 4) is 23.0 Å². The van der Waals surface area contributed by atoms with Crippen molar-refractivity contribution in [2.75, 3.05) is 0 Å². The van der Waals surface area contributed by atoms with Crippen LogP contribution in [0.4, 0.5) is 0 Å². The van der Waals surface area contributed by atoms with E-state index in [0.29, 0.717) is 24.3 Å². The SMILES string of the molecule is Cc1cc(Cc2c(C)c(C(C)c3cc(C)c(O)c(Cc4cc(C)c(O)cc4C)c3C)cc(C)c2O)c(C)cc1O. The first-order chi connectivity index (χ1) is 18.7. The van der Waals surface area contributed by atoms with E-state index in [0.717, 1.165) is 77.9 Å². The molecule has 40 heavy (non-hydrogen) atoms. The average Bonchev–Trinajstić information content (AvgIpc) is 2.89. The molecule has 0 aromatic heterocycles. The van der Waals surface area contributed by atoms with Crippen molar-refractivity contribution >= 4 is 0 Å². The molecule has 4 N–H and O–H groups in total. The first-order valence-corrected chi connectivity index (χ1v) is 13.9. The lowest BCUT2D eigenvalue weighted by molar-refractivity contribution is 0.463. The van der Waals surface area contributed by atoms with Gasteiger partial charge in [-0.05, 0) is 134 Å².